The Morgan fingerprint density at radius 1 is 1.41 bits per heavy atom. The monoisotopic (exact) mass is 323 g/mol. The number of imidazole rings is 1. The van der Waals surface area contributed by atoms with E-state index in [0.717, 1.165) is 31.7 Å². The molecule has 0 spiro atoms. The van der Waals surface area contributed by atoms with Gasteiger partial charge in [-0.05, 0) is 24.5 Å². The molecule has 22 heavy (non-hydrogen) atoms. The van der Waals surface area contributed by atoms with Crippen LogP contribution in [0.25, 0.3) is 0 Å². The third-order valence-corrected chi connectivity index (χ3v) is 5.61. The molecule has 1 fully saturated rings. The van der Waals surface area contributed by atoms with Crippen molar-refractivity contribution in [2.75, 3.05) is 18.8 Å². The van der Waals surface area contributed by atoms with Gasteiger partial charge in [-0.25, -0.2) is 4.98 Å². The lowest BCUT2D eigenvalue weighted by molar-refractivity contribution is -0.133. The molecule has 1 aromatic rings. The standard InChI is InChI=1S/C17H29N3OS/c1-14-7-9-19(12-15(14)20-10-8-18-13-20)16(21)6-5-11-22-17(2,3)4/h8,10,13-15H,5-7,9,11-12H2,1-4H3/t14-,15-/m0/s1. The molecule has 2 atom stereocenters. The van der Waals surface area contributed by atoms with Crippen molar-refractivity contribution in [2.45, 2.75) is 57.7 Å². The summed E-state index contributed by atoms with van der Waals surface area (Å²) in [6.45, 7) is 10.7. The van der Waals surface area contributed by atoms with E-state index < -0.39 is 0 Å². The molecule has 0 aliphatic carbocycles. The zero-order valence-electron chi connectivity index (χ0n) is 14.3. The fourth-order valence-corrected chi connectivity index (χ4v) is 3.79. The van der Waals surface area contributed by atoms with Gasteiger partial charge in [0.1, 0.15) is 0 Å². The number of carbonyl (C=O) groups is 1. The lowest BCUT2D eigenvalue weighted by atomic mass is 9.93. The summed E-state index contributed by atoms with van der Waals surface area (Å²) in [6, 6.07) is 0.365. The van der Waals surface area contributed by atoms with Crippen LogP contribution in [0.4, 0.5) is 0 Å². The van der Waals surface area contributed by atoms with Crippen molar-refractivity contribution < 1.29 is 4.79 Å². The smallest absolute Gasteiger partial charge is 0.222 e. The lowest BCUT2D eigenvalue weighted by Crippen LogP contribution is -2.43. The SMILES string of the molecule is C[C@H]1CCN(C(=O)CCCSC(C)(C)C)C[C@@H]1n1ccnc1. The molecule has 0 aromatic carbocycles. The number of thioether (sulfide) groups is 1. The van der Waals surface area contributed by atoms with Gasteiger partial charge in [0.25, 0.3) is 0 Å². The Kier molecular flexibility index (Phi) is 5.95. The molecule has 1 aliphatic rings. The fourth-order valence-electron chi connectivity index (χ4n) is 2.89. The van der Waals surface area contributed by atoms with Crippen LogP contribution in [0.5, 0.6) is 0 Å². The van der Waals surface area contributed by atoms with Gasteiger partial charge in [0.05, 0.1) is 12.4 Å². The first-order valence-corrected chi connectivity index (χ1v) is 9.24. The number of piperidine rings is 1. The van der Waals surface area contributed by atoms with Crippen molar-refractivity contribution in [3.63, 3.8) is 0 Å². The lowest BCUT2D eigenvalue weighted by Gasteiger charge is -2.37. The highest BCUT2D eigenvalue weighted by molar-refractivity contribution is 8.00. The van der Waals surface area contributed by atoms with E-state index in [1.54, 1.807) is 0 Å². The molecule has 0 N–H and O–H groups in total. The maximum Gasteiger partial charge on any atom is 0.222 e. The van der Waals surface area contributed by atoms with Gasteiger partial charge in [0.2, 0.25) is 5.91 Å². The third-order valence-electron chi connectivity index (χ3n) is 4.25. The van der Waals surface area contributed by atoms with Gasteiger partial charge in [-0.15, -0.1) is 0 Å². The predicted molar refractivity (Wildman–Crippen MR) is 93.1 cm³/mol. The highest BCUT2D eigenvalue weighted by atomic mass is 32.2. The molecule has 1 amide bonds. The van der Waals surface area contributed by atoms with Crippen LogP contribution in [0.15, 0.2) is 18.7 Å². The second-order valence-electron chi connectivity index (χ2n) is 7.25. The number of carbonyl (C=O) groups excluding carboxylic acids is 1. The van der Waals surface area contributed by atoms with Gasteiger partial charge in [-0.3, -0.25) is 4.79 Å². The average molecular weight is 324 g/mol. The van der Waals surface area contributed by atoms with Crippen LogP contribution in [-0.2, 0) is 4.79 Å². The number of likely N-dealkylation sites (tertiary alicyclic amines) is 1. The minimum atomic E-state index is 0.288. The van der Waals surface area contributed by atoms with Crippen LogP contribution in [0, 0.1) is 5.92 Å². The highest BCUT2D eigenvalue weighted by Gasteiger charge is 2.29. The summed E-state index contributed by atoms with van der Waals surface area (Å²) in [4.78, 5) is 18.6. The van der Waals surface area contributed by atoms with Crippen molar-refractivity contribution in [3.05, 3.63) is 18.7 Å². The Morgan fingerprint density at radius 2 is 2.18 bits per heavy atom. The molecule has 0 radical (unpaired) electrons. The molecule has 2 rings (SSSR count). The number of rotatable bonds is 5. The van der Waals surface area contributed by atoms with E-state index in [9.17, 15) is 4.79 Å². The quantitative estimate of drug-likeness (QED) is 0.777. The van der Waals surface area contributed by atoms with Crippen molar-refractivity contribution in [2.24, 2.45) is 5.92 Å². The van der Waals surface area contributed by atoms with E-state index in [1.165, 1.54) is 0 Å². The molecular formula is C17H29N3OS. The van der Waals surface area contributed by atoms with Gasteiger partial charge in [0.15, 0.2) is 0 Å². The van der Waals surface area contributed by atoms with E-state index in [4.69, 9.17) is 0 Å². The molecule has 124 valence electrons. The van der Waals surface area contributed by atoms with Gasteiger partial charge < -0.3 is 9.47 Å². The second-order valence-corrected chi connectivity index (χ2v) is 9.17. The molecule has 1 aromatic heterocycles. The van der Waals surface area contributed by atoms with Crippen LogP contribution in [0.3, 0.4) is 0 Å². The van der Waals surface area contributed by atoms with E-state index in [-0.39, 0.29) is 4.75 Å². The summed E-state index contributed by atoms with van der Waals surface area (Å²) in [5.41, 5.74) is 0. The van der Waals surface area contributed by atoms with E-state index >= 15 is 0 Å². The zero-order chi connectivity index (χ0) is 16.2. The Labute approximate surface area is 138 Å². The maximum atomic E-state index is 12.4. The highest BCUT2D eigenvalue weighted by Crippen LogP contribution is 2.28. The first-order chi connectivity index (χ1) is 10.4. The Hall–Kier alpha value is -0.970. The van der Waals surface area contributed by atoms with E-state index in [1.807, 2.05) is 35.4 Å². The van der Waals surface area contributed by atoms with Crippen molar-refractivity contribution >= 4 is 17.7 Å². The van der Waals surface area contributed by atoms with Crippen LogP contribution in [0.1, 0.15) is 53.0 Å². The third kappa shape index (κ3) is 5.04. The van der Waals surface area contributed by atoms with Crippen molar-refractivity contribution in [1.29, 1.82) is 0 Å². The Morgan fingerprint density at radius 3 is 2.82 bits per heavy atom. The van der Waals surface area contributed by atoms with Crippen molar-refractivity contribution in [1.82, 2.24) is 14.5 Å². The summed E-state index contributed by atoms with van der Waals surface area (Å²) in [5.74, 6) is 1.96. The first-order valence-electron chi connectivity index (χ1n) is 8.26. The van der Waals surface area contributed by atoms with E-state index in [2.05, 4.69) is 37.2 Å². The normalized spacial score (nSPS) is 22.8. The summed E-state index contributed by atoms with van der Waals surface area (Å²) in [7, 11) is 0. The predicted octanol–water partition coefficient (Wildman–Crippen LogP) is 3.60. The molecule has 1 aliphatic heterocycles. The van der Waals surface area contributed by atoms with E-state index in [0.29, 0.717) is 24.3 Å². The number of amides is 1. The molecule has 0 unspecified atom stereocenters. The summed E-state index contributed by atoms with van der Waals surface area (Å²) in [6.07, 6.45) is 8.42. The second kappa shape index (κ2) is 7.53. The molecule has 0 saturated carbocycles. The van der Waals surface area contributed by atoms with Crippen LogP contribution in [0.2, 0.25) is 0 Å². The van der Waals surface area contributed by atoms with Crippen LogP contribution < -0.4 is 0 Å². The van der Waals surface area contributed by atoms with Gasteiger partial charge in [0, 0.05) is 36.7 Å². The topological polar surface area (TPSA) is 38.1 Å². The summed E-state index contributed by atoms with van der Waals surface area (Å²) >= 11 is 1.94. The van der Waals surface area contributed by atoms with Crippen molar-refractivity contribution in [3.8, 4) is 0 Å². The first kappa shape index (κ1) is 17.4. The molecule has 2 heterocycles. The molecule has 1 saturated heterocycles. The number of nitrogens with zero attached hydrogens (tertiary/aromatic N) is 3. The molecular weight excluding hydrogens is 294 g/mol. The largest absolute Gasteiger partial charge is 0.341 e. The fraction of sp³-hybridized carbons (Fsp3) is 0.765. The maximum absolute atomic E-state index is 12.4. The van der Waals surface area contributed by atoms with Crippen LogP contribution >= 0.6 is 11.8 Å². The van der Waals surface area contributed by atoms with Gasteiger partial charge in [-0.1, -0.05) is 27.7 Å². The summed E-state index contributed by atoms with van der Waals surface area (Å²) < 4.78 is 2.44. The molecule has 5 heteroatoms. The van der Waals surface area contributed by atoms with Gasteiger partial charge >= 0.3 is 0 Å². The summed E-state index contributed by atoms with van der Waals surface area (Å²) in [5, 5.41) is 0. The number of aromatic nitrogens is 2. The van der Waals surface area contributed by atoms with Crippen LogP contribution in [-0.4, -0.2) is 43.9 Å². The Bertz CT molecular complexity index is 467. The number of hydrogen-bond acceptors (Lipinski definition) is 3. The molecule has 4 nitrogen and oxygen atoms in total. The van der Waals surface area contributed by atoms with Gasteiger partial charge in [-0.2, -0.15) is 11.8 Å². The Balaban J connectivity index is 1.80. The molecule has 0 bridgehead atoms. The minimum Gasteiger partial charge on any atom is -0.341 e. The average Bonchev–Trinajstić information content (AvgIpc) is 2.97. The number of hydrogen-bond donors (Lipinski definition) is 0. The minimum absolute atomic E-state index is 0.288. The zero-order valence-corrected chi connectivity index (χ0v) is 15.1.